The molecule has 0 radical (unpaired) electrons. The molecule has 7 heteroatoms. The van der Waals surface area contributed by atoms with Gasteiger partial charge in [-0.05, 0) is 43.3 Å². The minimum Gasteiger partial charge on any atom is -0.494 e. The minimum absolute atomic E-state index is 0.0678. The molecule has 2 aromatic carbocycles. The fraction of sp³-hybridized carbons (Fsp3) is 0.200. The number of rotatable bonds is 9. The topological polar surface area (TPSA) is 60.5 Å². The number of thioether (sulfide) groups is 1. The molecular formula is C20H20N2O3S2. The zero-order chi connectivity index (χ0) is 18.9. The number of benzene rings is 2. The van der Waals surface area contributed by atoms with Gasteiger partial charge in [-0.1, -0.05) is 18.2 Å². The number of aromatic nitrogens is 1. The Bertz CT molecular complexity index is 851. The van der Waals surface area contributed by atoms with Gasteiger partial charge in [0.2, 0.25) is 0 Å². The lowest BCUT2D eigenvalue weighted by Gasteiger charge is -2.07. The number of carbonyl (C=O) groups excluding carboxylic acids is 1. The van der Waals surface area contributed by atoms with Crippen molar-refractivity contribution in [1.82, 2.24) is 4.98 Å². The quantitative estimate of drug-likeness (QED) is 0.520. The Kier molecular flexibility index (Phi) is 7.12. The number of carbonyl (C=O) groups is 1. The second-order valence-corrected chi connectivity index (χ2v) is 7.39. The molecule has 140 valence electrons. The first-order valence-corrected chi connectivity index (χ1v) is 10.4. The molecule has 3 aromatic rings. The van der Waals surface area contributed by atoms with Crippen molar-refractivity contribution in [2.75, 3.05) is 18.5 Å². The summed E-state index contributed by atoms with van der Waals surface area (Å²) in [6.45, 7) is 2.48. The molecule has 0 atom stereocenters. The number of hydrogen-bond acceptors (Lipinski definition) is 6. The largest absolute Gasteiger partial charge is 0.494 e. The highest BCUT2D eigenvalue weighted by molar-refractivity contribution is 7.98. The number of hydrogen-bond donors (Lipinski definition) is 1. The predicted molar refractivity (Wildman–Crippen MR) is 110 cm³/mol. The van der Waals surface area contributed by atoms with E-state index in [1.165, 1.54) is 16.2 Å². The summed E-state index contributed by atoms with van der Waals surface area (Å²) in [5, 5.41) is 5.31. The molecule has 0 spiro atoms. The monoisotopic (exact) mass is 400 g/mol. The summed E-state index contributed by atoms with van der Waals surface area (Å²) in [4.78, 5) is 17.7. The normalized spacial score (nSPS) is 10.4. The molecule has 1 amide bonds. The molecule has 0 saturated carbocycles. The van der Waals surface area contributed by atoms with Crippen LogP contribution in [0.25, 0.3) is 0 Å². The molecule has 0 saturated heterocycles. The maximum absolute atomic E-state index is 12.0. The van der Waals surface area contributed by atoms with E-state index in [9.17, 15) is 4.79 Å². The van der Waals surface area contributed by atoms with Gasteiger partial charge in [-0.25, -0.2) is 4.98 Å². The van der Waals surface area contributed by atoms with Crippen LogP contribution in [0, 0.1) is 0 Å². The van der Waals surface area contributed by atoms with E-state index in [4.69, 9.17) is 9.47 Å². The highest BCUT2D eigenvalue weighted by Crippen LogP contribution is 2.25. The summed E-state index contributed by atoms with van der Waals surface area (Å²) in [7, 11) is 0. The molecule has 0 bridgehead atoms. The fourth-order valence-electron chi connectivity index (χ4n) is 2.21. The van der Waals surface area contributed by atoms with Gasteiger partial charge < -0.3 is 9.47 Å². The average Bonchev–Trinajstić information content (AvgIpc) is 3.14. The molecule has 1 N–H and O–H groups in total. The lowest BCUT2D eigenvalue weighted by atomic mass is 10.3. The predicted octanol–water partition coefficient (Wildman–Crippen LogP) is 4.85. The van der Waals surface area contributed by atoms with Crippen LogP contribution in [0.1, 0.15) is 12.6 Å². The van der Waals surface area contributed by atoms with E-state index in [-0.39, 0.29) is 12.5 Å². The van der Waals surface area contributed by atoms with Crippen molar-refractivity contribution < 1.29 is 14.3 Å². The summed E-state index contributed by atoms with van der Waals surface area (Å²) in [6.07, 6.45) is 0. The lowest BCUT2D eigenvalue weighted by Crippen LogP contribution is -2.20. The molecule has 0 fully saturated rings. The van der Waals surface area contributed by atoms with Gasteiger partial charge in [0.05, 0.1) is 12.3 Å². The molecule has 5 nitrogen and oxygen atoms in total. The number of amides is 1. The van der Waals surface area contributed by atoms with Crippen molar-refractivity contribution >= 4 is 34.1 Å². The Morgan fingerprint density at radius 3 is 2.48 bits per heavy atom. The van der Waals surface area contributed by atoms with Gasteiger partial charge in [0.1, 0.15) is 11.5 Å². The highest BCUT2D eigenvalue weighted by Gasteiger charge is 2.08. The van der Waals surface area contributed by atoms with Gasteiger partial charge in [0, 0.05) is 16.0 Å². The molecule has 0 unspecified atom stereocenters. The third kappa shape index (κ3) is 6.30. The summed E-state index contributed by atoms with van der Waals surface area (Å²) in [6, 6.07) is 17.3. The van der Waals surface area contributed by atoms with Crippen molar-refractivity contribution in [3.63, 3.8) is 0 Å². The average molecular weight is 401 g/mol. The Morgan fingerprint density at radius 1 is 1.07 bits per heavy atom. The van der Waals surface area contributed by atoms with E-state index in [0.717, 1.165) is 17.2 Å². The smallest absolute Gasteiger partial charge is 0.264 e. The summed E-state index contributed by atoms with van der Waals surface area (Å²) < 4.78 is 10.9. The minimum atomic E-state index is -0.236. The first kappa shape index (κ1) is 19.3. The van der Waals surface area contributed by atoms with Crippen molar-refractivity contribution in [3.8, 4) is 11.5 Å². The van der Waals surface area contributed by atoms with Gasteiger partial charge in [-0.3, -0.25) is 10.1 Å². The van der Waals surface area contributed by atoms with Crippen molar-refractivity contribution in [3.05, 3.63) is 65.7 Å². The van der Waals surface area contributed by atoms with E-state index in [1.54, 1.807) is 23.9 Å². The van der Waals surface area contributed by atoms with Crippen LogP contribution in [-0.4, -0.2) is 24.1 Å². The summed E-state index contributed by atoms with van der Waals surface area (Å²) in [5.41, 5.74) is 0.941. The third-order valence-corrected chi connectivity index (χ3v) is 5.28. The lowest BCUT2D eigenvalue weighted by molar-refractivity contribution is -0.118. The molecule has 1 aromatic heterocycles. The maximum atomic E-state index is 12.0. The maximum Gasteiger partial charge on any atom is 0.264 e. The van der Waals surface area contributed by atoms with Crippen LogP contribution in [0.15, 0.2) is 64.9 Å². The van der Waals surface area contributed by atoms with Gasteiger partial charge in [0.25, 0.3) is 5.91 Å². The van der Waals surface area contributed by atoms with Gasteiger partial charge in [-0.15, -0.1) is 23.1 Å². The van der Waals surface area contributed by atoms with Crippen LogP contribution in [0.3, 0.4) is 0 Å². The molecule has 0 aliphatic rings. The SMILES string of the molecule is CCOc1ccc(OCC(=O)Nc2nc(CSc3ccccc3)cs2)cc1. The number of anilines is 1. The van der Waals surface area contributed by atoms with Crippen LogP contribution in [-0.2, 0) is 10.5 Å². The molecule has 1 heterocycles. The second kappa shape index (κ2) is 9.99. The van der Waals surface area contributed by atoms with E-state index < -0.39 is 0 Å². The Hall–Kier alpha value is -2.51. The van der Waals surface area contributed by atoms with E-state index in [2.05, 4.69) is 22.4 Å². The van der Waals surface area contributed by atoms with Crippen molar-refractivity contribution in [2.45, 2.75) is 17.6 Å². The van der Waals surface area contributed by atoms with Crippen LogP contribution in [0.5, 0.6) is 11.5 Å². The first-order valence-electron chi connectivity index (χ1n) is 8.50. The zero-order valence-electron chi connectivity index (χ0n) is 14.9. The Morgan fingerprint density at radius 2 is 1.78 bits per heavy atom. The molecule has 3 rings (SSSR count). The third-order valence-electron chi connectivity index (χ3n) is 3.43. The van der Waals surface area contributed by atoms with E-state index in [0.29, 0.717) is 17.5 Å². The Labute approximate surface area is 166 Å². The zero-order valence-corrected chi connectivity index (χ0v) is 16.5. The van der Waals surface area contributed by atoms with Gasteiger partial charge >= 0.3 is 0 Å². The number of thiazole rings is 1. The van der Waals surface area contributed by atoms with Crippen molar-refractivity contribution in [1.29, 1.82) is 0 Å². The van der Waals surface area contributed by atoms with Crippen molar-refractivity contribution in [2.24, 2.45) is 0 Å². The number of nitrogens with one attached hydrogen (secondary N) is 1. The fourth-order valence-corrected chi connectivity index (χ4v) is 3.85. The second-order valence-electron chi connectivity index (χ2n) is 5.49. The molecule has 27 heavy (non-hydrogen) atoms. The van der Waals surface area contributed by atoms with Crippen LogP contribution in [0.4, 0.5) is 5.13 Å². The standard InChI is InChI=1S/C20H20N2O3S2/c1-2-24-16-8-10-17(11-9-16)25-12-19(23)22-20-21-15(14-27-20)13-26-18-6-4-3-5-7-18/h3-11,14H,2,12-13H2,1H3,(H,21,22,23). The van der Waals surface area contributed by atoms with Crippen LogP contribution in [0.2, 0.25) is 0 Å². The molecule has 0 aliphatic carbocycles. The van der Waals surface area contributed by atoms with Gasteiger partial charge in [-0.2, -0.15) is 0 Å². The molecular weight excluding hydrogens is 380 g/mol. The summed E-state index contributed by atoms with van der Waals surface area (Å²) in [5.74, 6) is 1.92. The number of nitrogens with zero attached hydrogens (tertiary/aromatic N) is 1. The van der Waals surface area contributed by atoms with Crippen LogP contribution >= 0.6 is 23.1 Å². The van der Waals surface area contributed by atoms with E-state index in [1.807, 2.05) is 42.6 Å². The molecule has 0 aliphatic heterocycles. The van der Waals surface area contributed by atoms with E-state index >= 15 is 0 Å². The van der Waals surface area contributed by atoms with Gasteiger partial charge in [0.15, 0.2) is 11.7 Å². The van der Waals surface area contributed by atoms with Crippen LogP contribution < -0.4 is 14.8 Å². The first-order chi connectivity index (χ1) is 13.2. The summed E-state index contributed by atoms with van der Waals surface area (Å²) >= 11 is 3.13. The number of ether oxygens (including phenoxy) is 2. The Balaban J connectivity index is 1.43. The highest BCUT2D eigenvalue weighted by atomic mass is 32.2.